The molecule has 36 heavy (non-hydrogen) atoms. The fraction of sp³-hybridized carbons (Fsp3) is 1.00. The number of nitrogens with one attached hydrogen (secondary N) is 2. The molecule has 218 valence electrons. The van der Waals surface area contributed by atoms with Gasteiger partial charge in [-0.3, -0.25) is 0 Å². The van der Waals surface area contributed by atoms with Gasteiger partial charge < -0.3 is 29.6 Å². The molecule has 0 aliphatic carbocycles. The summed E-state index contributed by atoms with van der Waals surface area (Å²) in [6.45, 7) is 32.9. The summed E-state index contributed by atoms with van der Waals surface area (Å²) in [6, 6.07) is 0. The van der Waals surface area contributed by atoms with Crippen LogP contribution in [0.1, 0.15) is 109 Å². The van der Waals surface area contributed by atoms with Gasteiger partial charge in [-0.1, -0.05) is 34.6 Å². The largest absolute Gasteiger partial charge is 0.380 e. The summed E-state index contributed by atoms with van der Waals surface area (Å²) in [5.41, 5.74) is 0.525. The molecule has 2 atom stereocenters. The molecule has 0 aromatic rings. The average Bonchev–Trinajstić information content (AvgIpc) is 2.74. The first-order chi connectivity index (χ1) is 16.5. The molecule has 0 radical (unpaired) electrons. The summed E-state index contributed by atoms with van der Waals surface area (Å²) in [6.07, 6.45) is 4.55. The van der Waals surface area contributed by atoms with Crippen molar-refractivity contribution in [1.82, 2.24) is 10.6 Å². The standard InChI is InChI=1S/C30H64N2O4/c1-25(27(3,4)5)35-21-13-19-34-24-18-32-30(11,12)16-15-29(9,10)26(2)36-22-14-20-33-23-17-31-28(6,7)8/h25-26,31-32H,13-24H2,1-12H3/t25-,26+/m1/s1. The van der Waals surface area contributed by atoms with Crippen molar-refractivity contribution in [2.75, 3.05) is 52.7 Å². The van der Waals surface area contributed by atoms with Gasteiger partial charge in [-0.15, -0.1) is 0 Å². The first-order valence-electron chi connectivity index (χ1n) is 14.3. The molecule has 6 heteroatoms. The number of ether oxygens (including phenoxy) is 4. The lowest BCUT2D eigenvalue weighted by Crippen LogP contribution is -2.43. The first-order valence-corrected chi connectivity index (χ1v) is 14.3. The number of hydrogen-bond acceptors (Lipinski definition) is 6. The Balaban J connectivity index is 3.91. The minimum Gasteiger partial charge on any atom is -0.380 e. The minimum atomic E-state index is 0.0700. The van der Waals surface area contributed by atoms with E-state index in [1.807, 2.05) is 0 Å². The Bertz CT molecular complexity index is 538. The quantitative estimate of drug-likeness (QED) is 0.177. The Morgan fingerprint density at radius 3 is 1.50 bits per heavy atom. The Morgan fingerprint density at radius 2 is 1.03 bits per heavy atom. The number of hydrogen-bond donors (Lipinski definition) is 2. The molecule has 0 fully saturated rings. The van der Waals surface area contributed by atoms with Crippen molar-refractivity contribution in [3.63, 3.8) is 0 Å². The molecule has 0 unspecified atom stereocenters. The van der Waals surface area contributed by atoms with Gasteiger partial charge in [-0.05, 0) is 85.0 Å². The second-order valence-electron chi connectivity index (χ2n) is 13.8. The van der Waals surface area contributed by atoms with E-state index in [4.69, 9.17) is 18.9 Å². The molecule has 0 spiro atoms. The van der Waals surface area contributed by atoms with Gasteiger partial charge in [0.2, 0.25) is 0 Å². The highest BCUT2D eigenvalue weighted by Crippen LogP contribution is 2.31. The molecule has 0 saturated carbocycles. The van der Waals surface area contributed by atoms with Gasteiger partial charge in [-0.2, -0.15) is 0 Å². The minimum absolute atomic E-state index is 0.0700. The van der Waals surface area contributed by atoms with Crippen molar-refractivity contribution in [3.8, 4) is 0 Å². The SMILES string of the molecule is C[C@H](OCCCOCCNC(C)(C)C)C(C)(C)CCC(C)(C)NCCOCCCO[C@H](C)C(C)(C)C. The second-order valence-corrected chi connectivity index (χ2v) is 13.8. The number of rotatable bonds is 21. The zero-order valence-electron chi connectivity index (χ0n) is 26.3. The topological polar surface area (TPSA) is 61.0 Å². The Hall–Kier alpha value is -0.240. The van der Waals surface area contributed by atoms with Crippen LogP contribution in [0.5, 0.6) is 0 Å². The highest BCUT2D eigenvalue weighted by molar-refractivity contribution is 4.84. The lowest BCUT2D eigenvalue weighted by Gasteiger charge is -2.36. The van der Waals surface area contributed by atoms with Gasteiger partial charge in [0.1, 0.15) is 0 Å². The molecule has 2 N–H and O–H groups in total. The van der Waals surface area contributed by atoms with Crippen molar-refractivity contribution in [2.45, 2.75) is 132 Å². The molecule has 0 amide bonds. The van der Waals surface area contributed by atoms with Crippen LogP contribution in [0.2, 0.25) is 0 Å². The molecule has 0 aliphatic rings. The van der Waals surface area contributed by atoms with E-state index < -0.39 is 0 Å². The zero-order chi connectivity index (χ0) is 27.9. The van der Waals surface area contributed by atoms with E-state index in [1.165, 1.54) is 0 Å². The van der Waals surface area contributed by atoms with Gasteiger partial charge in [0.05, 0.1) is 25.4 Å². The van der Waals surface area contributed by atoms with Gasteiger partial charge in [-0.25, -0.2) is 0 Å². The molecular formula is C30H64N2O4. The Kier molecular flexibility index (Phi) is 17.3. The van der Waals surface area contributed by atoms with Crippen LogP contribution in [0.3, 0.4) is 0 Å². The smallest absolute Gasteiger partial charge is 0.0597 e. The van der Waals surface area contributed by atoms with E-state index in [0.29, 0.717) is 0 Å². The van der Waals surface area contributed by atoms with Crippen LogP contribution in [0, 0.1) is 10.8 Å². The van der Waals surface area contributed by atoms with Crippen molar-refractivity contribution in [1.29, 1.82) is 0 Å². The van der Waals surface area contributed by atoms with Crippen LogP contribution >= 0.6 is 0 Å². The third-order valence-electron chi connectivity index (χ3n) is 7.07. The van der Waals surface area contributed by atoms with E-state index in [1.54, 1.807) is 0 Å². The molecule has 0 aromatic heterocycles. The normalized spacial score (nSPS) is 15.3. The molecule has 0 aliphatic heterocycles. The fourth-order valence-electron chi connectivity index (χ4n) is 3.41. The molecule has 6 nitrogen and oxygen atoms in total. The third-order valence-corrected chi connectivity index (χ3v) is 7.07. The predicted octanol–water partition coefficient (Wildman–Crippen LogP) is 6.22. The Labute approximate surface area is 225 Å². The highest BCUT2D eigenvalue weighted by atomic mass is 16.5. The predicted molar refractivity (Wildman–Crippen MR) is 154 cm³/mol. The van der Waals surface area contributed by atoms with Crippen molar-refractivity contribution < 1.29 is 18.9 Å². The summed E-state index contributed by atoms with van der Waals surface area (Å²) in [5.74, 6) is 0. The van der Waals surface area contributed by atoms with Crippen LogP contribution in [0.25, 0.3) is 0 Å². The van der Waals surface area contributed by atoms with Crippen molar-refractivity contribution in [2.24, 2.45) is 10.8 Å². The first kappa shape index (κ1) is 35.8. The lowest BCUT2D eigenvalue weighted by atomic mass is 9.79. The molecular weight excluding hydrogens is 452 g/mol. The maximum Gasteiger partial charge on any atom is 0.0597 e. The van der Waals surface area contributed by atoms with E-state index in [9.17, 15) is 0 Å². The summed E-state index contributed by atoms with van der Waals surface area (Å²) >= 11 is 0. The maximum absolute atomic E-state index is 6.17. The van der Waals surface area contributed by atoms with Gasteiger partial charge in [0, 0.05) is 50.6 Å². The summed E-state index contributed by atoms with van der Waals surface area (Å²) < 4.78 is 23.6. The van der Waals surface area contributed by atoms with E-state index in [0.717, 1.165) is 78.4 Å². The molecule has 0 heterocycles. The summed E-state index contributed by atoms with van der Waals surface area (Å²) in [7, 11) is 0. The van der Waals surface area contributed by atoms with E-state index in [-0.39, 0.29) is 34.1 Å². The fourth-order valence-corrected chi connectivity index (χ4v) is 3.41. The second kappa shape index (κ2) is 17.4. The van der Waals surface area contributed by atoms with Crippen molar-refractivity contribution in [3.05, 3.63) is 0 Å². The average molecular weight is 517 g/mol. The Morgan fingerprint density at radius 1 is 0.556 bits per heavy atom. The van der Waals surface area contributed by atoms with Crippen LogP contribution in [-0.2, 0) is 18.9 Å². The monoisotopic (exact) mass is 516 g/mol. The molecule has 0 bridgehead atoms. The van der Waals surface area contributed by atoms with Crippen LogP contribution in [-0.4, -0.2) is 76.0 Å². The third kappa shape index (κ3) is 19.8. The van der Waals surface area contributed by atoms with Crippen LogP contribution < -0.4 is 10.6 Å². The van der Waals surface area contributed by atoms with Gasteiger partial charge in [0.15, 0.2) is 0 Å². The van der Waals surface area contributed by atoms with E-state index in [2.05, 4.69) is 93.7 Å². The van der Waals surface area contributed by atoms with E-state index >= 15 is 0 Å². The molecule has 0 saturated heterocycles. The van der Waals surface area contributed by atoms with Crippen LogP contribution in [0.15, 0.2) is 0 Å². The molecule has 0 aromatic carbocycles. The lowest BCUT2D eigenvalue weighted by molar-refractivity contribution is -0.0281. The van der Waals surface area contributed by atoms with Crippen LogP contribution in [0.4, 0.5) is 0 Å². The molecule has 0 rings (SSSR count). The van der Waals surface area contributed by atoms with Crippen molar-refractivity contribution >= 4 is 0 Å². The highest BCUT2D eigenvalue weighted by Gasteiger charge is 2.29. The zero-order valence-corrected chi connectivity index (χ0v) is 26.3. The summed E-state index contributed by atoms with van der Waals surface area (Å²) in [5, 5.41) is 7.10. The van der Waals surface area contributed by atoms with Gasteiger partial charge >= 0.3 is 0 Å². The van der Waals surface area contributed by atoms with Gasteiger partial charge in [0.25, 0.3) is 0 Å². The summed E-state index contributed by atoms with van der Waals surface area (Å²) in [4.78, 5) is 0. The maximum atomic E-state index is 6.17.